The molecular formula is C12H10BrF2N3. The van der Waals surface area contributed by atoms with Crippen LogP contribution in [-0.2, 0) is 6.42 Å². The summed E-state index contributed by atoms with van der Waals surface area (Å²) in [6.45, 7) is 0.504. The number of rotatable bonds is 4. The Balaban J connectivity index is 1.90. The van der Waals surface area contributed by atoms with Crippen LogP contribution >= 0.6 is 15.9 Å². The third kappa shape index (κ3) is 3.73. The zero-order chi connectivity index (χ0) is 13.0. The Bertz CT molecular complexity index is 511. The molecule has 0 spiro atoms. The fourth-order valence-electron chi connectivity index (χ4n) is 1.48. The lowest BCUT2D eigenvalue weighted by atomic mass is 10.1. The lowest BCUT2D eigenvalue weighted by Crippen LogP contribution is -2.08. The van der Waals surface area contributed by atoms with E-state index < -0.39 is 11.6 Å². The van der Waals surface area contributed by atoms with Crippen LogP contribution in [0.1, 0.15) is 5.56 Å². The molecule has 3 nitrogen and oxygen atoms in total. The summed E-state index contributed by atoms with van der Waals surface area (Å²) in [4.78, 5) is 8.05. The van der Waals surface area contributed by atoms with Crippen LogP contribution in [0, 0.1) is 11.6 Å². The molecule has 0 aliphatic carbocycles. The van der Waals surface area contributed by atoms with Crippen LogP contribution in [0.15, 0.2) is 35.1 Å². The van der Waals surface area contributed by atoms with Gasteiger partial charge in [0, 0.05) is 25.0 Å². The second kappa shape index (κ2) is 5.86. The molecule has 0 unspecified atom stereocenters. The number of nitrogens with one attached hydrogen (secondary N) is 1. The van der Waals surface area contributed by atoms with Crippen molar-refractivity contribution < 1.29 is 8.78 Å². The molecule has 2 aromatic rings. The van der Waals surface area contributed by atoms with E-state index in [-0.39, 0.29) is 0 Å². The normalized spacial score (nSPS) is 10.4. The number of hydrogen-bond acceptors (Lipinski definition) is 3. The van der Waals surface area contributed by atoms with Crippen LogP contribution in [0.2, 0.25) is 0 Å². The van der Waals surface area contributed by atoms with Gasteiger partial charge in [0.25, 0.3) is 0 Å². The van der Waals surface area contributed by atoms with E-state index in [1.54, 1.807) is 12.4 Å². The van der Waals surface area contributed by atoms with Gasteiger partial charge < -0.3 is 5.32 Å². The zero-order valence-corrected chi connectivity index (χ0v) is 10.9. The van der Waals surface area contributed by atoms with Gasteiger partial charge in [-0.3, -0.25) is 0 Å². The molecule has 0 saturated heterocycles. The number of anilines is 1. The standard InChI is InChI=1S/C12H10BrF2N3/c13-9-6-17-12(18-7-9)16-2-1-8-3-10(14)5-11(15)4-8/h3-7H,1-2H2,(H,16,17,18). The molecule has 0 aliphatic heterocycles. The molecule has 1 heterocycles. The van der Waals surface area contributed by atoms with Gasteiger partial charge >= 0.3 is 0 Å². The predicted octanol–water partition coefficient (Wildman–Crippen LogP) is 3.17. The molecule has 0 saturated carbocycles. The minimum Gasteiger partial charge on any atom is -0.354 e. The molecule has 0 atom stereocenters. The van der Waals surface area contributed by atoms with Crippen LogP contribution in [-0.4, -0.2) is 16.5 Å². The van der Waals surface area contributed by atoms with Gasteiger partial charge in [-0.15, -0.1) is 0 Å². The number of nitrogens with zero attached hydrogens (tertiary/aromatic N) is 2. The molecule has 18 heavy (non-hydrogen) atoms. The summed E-state index contributed by atoms with van der Waals surface area (Å²) in [6, 6.07) is 3.48. The lowest BCUT2D eigenvalue weighted by molar-refractivity contribution is 0.580. The van der Waals surface area contributed by atoms with Gasteiger partial charge in [0.2, 0.25) is 5.95 Å². The van der Waals surface area contributed by atoms with Crippen molar-refractivity contribution in [3.05, 3.63) is 52.3 Å². The van der Waals surface area contributed by atoms with Gasteiger partial charge in [-0.25, -0.2) is 18.7 Å². The van der Waals surface area contributed by atoms with E-state index in [4.69, 9.17) is 0 Å². The Morgan fingerprint density at radius 3 is 2.28 bits per heavy atom. The topological polar surface area (TPSA) is 37.8 Å². The van der Waals surface area contributed by atoms with E-state index in [0.29, 0.717) is 24.5 Å². The van der Waals surface area contributed by atoms with E-state index in [0.717, 1.165) is 10.5 Å². The van der Waals surface area contributed by atoms with Crippen molar-refractivity contribution >= 4 is 21.9 Å². The first-order valence-corrected chi connectivity index (χ1v) is 6.09. The molecule has 1 aromatic heterocycles. The Labute approximate surface area is 111 Å². The predicted molar refractivity (Wildman–Crippen MR) is 68.3 cm³/mol. The third-order valence-electron chi connectivity index (χ3n) is 2.24. The first-order valence-electron chi connectivity index (χ1n) is 5.30. The van der Waals surface area contributed by atoms with Crippen LogP contribution in [0.25, 0.3) is 0 Å². The maximum atomic E-state index is 12.9. The molecule has 2 rings (SSSR count). The summed E-state index contributed by atoms with van der Waals surface area (Å²) in [5.74, 6) is -0.648. The zero-order valence-electron chi connectivity index (χ0n) is 9.33. The molecule has 1 aromatic carbocycles. The van der Waals surface area contributed by atoms with E-state index in [1.807, 2.05) is 0 Å². The lowest BCUT2D eigenvalue weighted by Gasteiger charge is -2.05. The van der Waals surface area contributed by atoms with Gasteiger partial charge in [0.1, 0.15) is 11.6 Å². The number of halogens is 3. The summed E-state index contributed by atoms with van der Waals surface area (Å²) in [7, 11) is 0. The SMILES string of the molecule is Fc1cc(F)cc(CCNc2ncc(Br)cn2)c1. The Hall–Kier alpha value is -1.56. The highest BCUT2D eigenvalue weighted by Crippen LogP contribution is 2.09. The highest BCUT2D eigenvalue weighted by atomic mass is 79.9. The fraction of sp³-hybridized carbons (Fsp3) is 0.167. The molecule has 0 fully saturated rings. The molecule has 94 valence electrons. The first kappa shape index (κ1) is 12.9. The quantitative estimate of drug-likeness (QED) is 0.942. The van der Waals surface area contributed by atoms with Crippen LogP contribution in [0.3, 0.4) is 0 Å². The molecule has 0 amide bonds. The Kier molecular flexibility index (Phi) is 4.19. The maximum absolute atomic E-state index is 12.9. The Morgan fingerprint density at radius 1 is 1.06 bits per heavy atom. The van der Waals surface area contributed by atoms with E-state index >= 15 is 0 Å². The highest BCUT2D eigenvalue weighted by Gasteiger charge is 2.01. The highest BCUT2D eigenvalue weighted by molar-refractivity contribution is 9.10. The largest absolute Gasteiger partial charge is 0.354 e. The molecule has 6 heteroatoms. The molecule has 1 N–H and O–H groups in total. The summed E-state index contributed by atoms with van der Waals surface area (Å²) in [6.07, 6.45) is 3.74. The average molecular weight is 314 g/mol. The summed E-state index contributed by atoms with van der Waals surface area (Å²) >= 11 is 3.23. The van der Waals surface area contributed by atoms with Gasteiger partial charge in [-0.05, 0) is 40.0 Å². The molecule has 0 aliphatic rings. The van der Waals surface area contributed by atoms with Crippen LogP contribution < -0.4 is 5.32 Å². The van der Waals surface area contributed by atoms with Gasteiger partial charge in [-0.2, -0.15) is 0 Å². The molecule has 0 bridgehead atoms. The van der Waals surface area contributed by atoms with Crippen LogP contribution in [0.4, 0.5) is 14.7 Å². The van der Waals surface area contributed by atoms with Crippen LogP contribution in [0.5, 0.6) is 0 Å². The van der Waals surface area contributed by atoms with Crippen molar-refractivity contribution in [2.75, 3.05) is 11.9 Å². The summed E-state index contributed by atoms with van der Waals surface area (Å²) in [5.41, 5.74) is 0.595. The van der Waals surface area contributed by atoms with E-state index in [9.17, 15) is 8.78 Å². The van der Waals surface area contributed by atoms with Gasteiger partial charge in [-0.1, -0.05) is 0 Å². The number of benzene rings is 1. The van der Waals surface area contributed by atoms with Gasteiger partial charge in [0.15, 0.2) is 0 Å². The second-order valence-corrected chi connectivity index (χ2v) is 4.60. The van der Waals surface area contributed by atoms with Crippen molar-refractivity contribution in [1.29, 1.82) is 0 Å². The van der Waals surface area contributed by atoms with Crippen molar-refractivity contribution in [1.82, 2.24) is 9.97 Å². The number of aromatic nitrogens is 2. The minimum absolute atomic E-state index is 0.482. The summed E-state index contributed by atoms with van der Waals surface area (Å²) < 4.78 is 26.7. The van der Waals surface area contributed by atoms with Gasteiger partial charge in [0.05, 0.1) is 4.47 Å². The minimum atomic E-state index is -0.565. The number of hydrogen-bond donors (Lipinski definition) is 1. The smallest absolute Gasteiger partial charge is 0.222 e. The first-order chi connectivity index (χ1) is 8.63. The van der Waals surface area contributed by atoms with Crippen molar-refractivity contribution in [2.24, 2.45) is 0 Å². The molecular weight excluding hydrogens is 304 g/mol. The van der Waals surface area contributed by atoms with Crippen molar-refractivity contribution in [3.8, 4) is 0 Å². The fourth-order valence-corrected chi connectivity index (χ4v) is 1.68. The second-order valence-electron chi connectivity index (χ2n) is 3.68. The average Bonchev–Trinajstić information content (AvgIpc) is 2.30. The Morgan fingerprint density at radius 2 is 1.67 bits per heavy atom. The third-order valence-corrected chi connectivity index (χ3v) is 2.65. The van der Waals surface area contributed by atoms with E-state index in [2.05, 4.69) is 31.2 Å². The van der Waals surface area contributed by atoms with E-state index in [1.165, 1.54) is 12.1 Å². The van der Waals surface area contributed by atoms with Crippen molar-refractivity contribution in [2.45, 2.75) is 6.42 Å². The maximum Gasteiger partial charge on any atom is 0.222 e. The summed E-state index contributed by atoms with van der Waals surface area (Å²) in [5, 5.41) is 2.97. The monoisotopic (exact) mass is 313 g/mol. The van der Waals surface area contributed by atoms with Crippen molar-refractivity contribution in [3.63, 3.8) is 0 Å². The molecule has 0 radical (unpaired) electrons.